The third-order valence-electron chi connectivity index (χ3n) is 10.1. The van der Waals surface area contributed by atoms with Crippen LogP contribution in [0.5, 0.6) is 0 Å². The zero-order valence-corrected chi connectivity index (χ0v) is 24.0. The first-order chi connectivity index (χ1) is 21.3. The maximum atomic E-state index is 2.69. The van der Waals surface area contributed by atoms with Crippen LogP contribution in [0.1, 0.15) is 0 Å². The Hall–Kier alpha value is -5.36. The van der Waals surface area contributed by atoms with Crippen molar-refractivity contribution in [1.82, 2.24) is 0 Å². The molecule has 1 spiro atoms. The van der Waals surface area contributed by atoms with E-state index in [9.17, 15) is 0 Å². The van der Waals surface area contributed by atoms with Crippen molar-refractivity contribution in [1.29, 1.82) is 0 Å². The molecular weight excluding hydrogens is 572 g/mol. The Kier molecular flexibility index (Phi) is 3.01. The van der Waals surface area contributed by atoms with Crippen molar-refractivity contribution in [3.8, 4) is 0 Å². The predicted molar refractivity (Wildman–Crippen MR) is 174 cm³/mol. The molecule has 0 aromatic heterocycles. The molecule has 9 heterocycles. The van der Waals surface area contributed by atoms with Crippen LogP contribution < -0.4 is 54.8 Å². The Morgan fingerprint density at radius 2 is 0.465 bits per heavy atom. The van der Waals surface area contributed by atoms with E-state index in [1.165, 1.54) is 65.4 Å². The van der Waals surface area contributed by atoms with Crippen molar-refractivity contribution < 1.29 is 12.0 Å². The van der Waals surface area contributed by atoms with E-state index in [4.69, 9.17) is 0 Å². The number of rotatable bonds is 0. The zero-order valence-electron chi connectivity index (χ0n) is 22.9. The summed E-state index contributed by atoms with van der Waals surface area (Å²) in [5, 5.41) is 7.35. The van der Waals surface area contributed by atoms with Crippen LogP contribution >= 0.6 is 0 Å². The number of nitrogens with zero attached hydrogens (tertiary/aromatic N) is 6. The molecule has 0 saturated carbocycles. The van der Waals surface area contributed by atoms with E-state index in [2.05, 4.69) is 170 Å². The molecule has 0 atom stereocenters. The Bertz CT molecular complexity index is 2140. The molecule has 0 bridgehead atoms. The molecule has 9 aliphatic rings. The molecule has 0 fully saturated rings. The van der Waals surface area contributed by atoms with E-state index in [1.807, 2.05) is 0 Å². The van der Waals surface area contributed by atoms with Gasteiger partial charge in [-0.15, -0.1) is 0 Å². The van der Waals surface area contributed by atoms with E-state index in [1.54, 1.807) is 0 Å². The van der Waals surface area contributed by atoms with Crippen LogP contribution in [0.2, 0.25) is 0 Å². The summed E-state index contributed by atoms with van der Waals surface area (Å²) in [6.07, 6.45) is 41.1. The second-order valence-electron chi connectivity index (χ2n) is 11.7. The minimum absolute atomic E-state index is 1.22. The van der Waals surface area contributed by atoms with Crippen LogP contribution in [0.4, 0.5) is 34.1 Å². The Morgan fingerprint density at radius 3 is 0.651 bits per heavy atom. The number of allylic oxidation sites excluding steroid dienone is 6. The van der Waals surface area contributed by atoms with Gasteiger partial charge in [0.05, 0.1) is 0 Å². The molecule has 12 rings (SSSR count). The number of hydrogen-bond donors (Lipinski definition) is 0. The van der Waals surface area contributed by atoms with Gasteiger partial charge in [0, 0.05) is 0 Å². The second kappa shape index (κ2) is 6.06. The molecule has 206 valence electrons. The van der Waals surface area contributed by atoms with Crippen LogP contribution in [-0.4, -0.2) is 0 Å². The average molecular weight is 596 g/mol. The maximum absolute atomic E-state index is 5.25. The fourth-order valence-corrected chi connectivity index (χ4v) is 20.2. The number of hydrogen-bond acceptors (Lipinski definition) is 6. The van der Waals surface area contributed by atoms with Gasteiger partial charge in [-0.05, 0) is 0 Å². The molecule has 0 amide bonds. The first-order valence-corrected chi connectivity index (χ1v) is 17.5. The van der Waals surface area contributed by atoms with Gasteiger partial charge in [0.15, 0.2) is 0 Å². The molecule has 3 aromatic carbocycles. The van der Waals surface area contributed by atoms with Crippen LogP contribution in [-0.2, 0) is 12.0 Å². The van der Waals surface area contributed by atoms with E-state index in [-0.39, 0.29) is 0 Å². The van der Waals surface area contributed by atoms with Crippen LogP contribution in [0.15, 0.2) is 110 Å². The summed E-state index contributed by atoms with van der Waals surface area (Å²) in [6, 6.07) is 13.7. The third-order valence-corrected chi connectivity index (χ3v) is 19.7. The number of benzene rings is 3. The summed E-state index contributed by atoms with van der Waals surface area (Å²) in [5.74, 6) is 0. The van der Waals surface area contributed by atoms with Crippen LogP contribution in [0, 0.1) is 0 Å². The van der Waals surface area contributed by atoms with Crippen molar-refractivity contribution in [3.05, 3.63) is 141 Å². The standard InChI is InChI=1S/3C12H8N2.Fe/c3*1-3-9-5-6-10-4-2-8-14-12(10)11(9)13-7-1;/h3*1-8H;/q3*-2;+6. The molecule has 0 unspecified atom stereocenters. The van der Waals surface area contributed by atoms with Gasteiger partial charge in [0.2, 0.25) is 0 Å². The van der Waals surface area contributed by atoms with Crippen molar-refractivity contribution in [2.45, 2.75) is 0 Å². The predicted octanol–water partition coefficient (Wildman–Crippen LogP) is 2.53. The normalized spacial score (nSPS) is 24.6. The van der Waals surface area contributed by atoms with Crippen molar-refractivity contribution in [2.75, 3.05) is 23.5 Å². The summed E-state index contributed by atoms with van der Waals surface area (Å²) >= 11 is -5.25. The summed E-state index contributed by atoms with van der Waals surface area (Å²) in [4.78, 5) is 0. The molecule has 0 aliphatic carbocycles. The Balaban J connectivity index is 1.47. The molecular formula is C36H24FeN6. The third kappa shape index (κ3) is 1.60. The van der Waals surface area contributed by atoms with E-state index >= 15 is 0 Å². The van der Waals surface area contributed by atoms with Crippen LogP contribution in [0.3, 0.4) is 0 Å². The van der Waals surface area contributed by atoms with Gasteiger partial charge in [-0.2, -0.15) is 0 Å². The van der Waals surface area contributed by atoms with E-state index in [0.717, 1.165) is 0 Å². The average Bonchev–Trinajstić information content (AvgIpc) is 3.59. The Labute approximate surface area is 246 Å². The summed E-state index contributed by atoms with van der Waals surface area (Å²) < 4.78 is 16.1. The van der Waals surface area contributed by atoms with Gasteiger partial charge in [-0.3, -0.25) is 0 Å². The minimum atomic E-state index is -5.25. The summed E-state index contributed by atoms with van der Waals surface area (Å²) in [6.45, 7) is 0. The molecule has 0 saturated heterocycles. The monoisotopic (exact) mass is 596 g/mol. The first-order valence-electron chi connectivity index (χ1n) is 14.6. The molecule has 3 aromatic rings. The zero-order chi connectivity index (χ0) is 27.8. The number of anilines is 6. The topological polar surface area (TPSA) is 19.4 Å². The molecule has 0 N–H and O–H groups in total. The second-order valence-corrected chi connectivity index (χ2v) is 18.2. The summed E-state index contributed by atoms with van der Waals surface area (Å²) in [5.41, 5.74) is 7.44. The molecule has 6 nitrogen and oxygen atoms in total. The van der Waals surface area contributed by atoms with Crippen molar-refractivity contribution in [2.24, 2.45) is 0 Å². The van der Waals surface area contributed by atoms with Gasteiger partial charge in [-0.1, -0.05) is 0 Å². The van der Waals surface area contributed by atoms with Gasteiger partial charge in [0.1, 0.15) is 0 Å². The Morgan fingerprint density at radius 1 is 0.279 bits per heavy atom. The molecule has 0 radical (unpaired) electrons. The van der Waals surface area contributed by atoms with Crippen LogP contribution in [0.25, 0.3) is 36.5 Å². The van der Waals surface area contributed by atoms with Gasteiger partial charge in [-0.25, -0.2) is 0 Å². The van der Waals surface area contributed by atoms with E-state index < -0.39 is 12.0 Å². The fourth-order valence-electron chi connectivity index (χ4n) is 8.72. The molecule has 43 heavy (non-hydrogen) atoms. The fraction of sp³-hybridized carbons (Fsp3) is 0. The first kappa shape index (κ1) is 21.4. The van der Waals surface area contributed by atoms with Crippen molar-refractivity contribution >= 4 is 70.6 Å². The van der Waals surface area contributed by atoms with E-state index in [0.29, 0.717) is 0 Å². The molecule has 9 aliphatic heterocycles. The quantitative estimate of drug-likeness (QED) is 0.370. The van der Waals surface area contributed by atoms with Gasteiger partial charge >= 0.3 is 247 Å². The SMILES string of the molecule is C1=C[N]2c3c4c(ccc3=C1)=CC=C[N]4[Fe]213([N]2C=CC=c4ccc5c(c42)[N]1C=CC=5)[N]1C=CC=c2ccc4c(c21)[N]3C=CC=4. The van der Waals surface area contributed by atoms with Gasteiger partial charge < -0.3 is 0 Å². The van der Waals surface area contributed by atoms with Crippen molar-refractivity contribution in [3.63, 3.8) is 0 Å². The van der Waals surface area contributed by atoms with Gasteiger partial charge in [0.25, 0.3) is 0 Å². The molecule has 7 heteroatoms. The summed E-state index contributed by atoms with van der Waals surface area (Å²) in [7, 11) is 0.